The van der Waals surface area contributed by atoms with E-state index in [2.05, 4.69) is 20.3 Å². The van der Waals surface area contributed by atoms with E-state index in [0.717, 1.165) is 24.0 Å². The molecular weight excluding hydrogens is 495 g/mol. The van der Waals surface area contributed by atoms with Gasteiger partial charge in [-0.3, -0.25) is 9.71 Å². The third kappa shape index (κ3) is 9.42. The van der Waals surface area contributed by atoms with Gasteiger partial charge in [0, 0.05) is 26.7 Å². The van der Waals surface area contributed by atoms with Gasteiger partial charge in [0.15, 0.2) is 5.96 Å². The molecule has 0 unspecified atom stereocenters. The normalized spacial score (nSPS) is 11.6. The van der Waals surface area contributed by atoms with E-state index in [1.165, 1.54) is 0 Å². The van der Waals surface area contributed by atoms with Gasteiger partial charge in [0.25, 0.3) is 0 Å². The van der Waals surface area contributed by atoms with Crippen molar-refractivity contribution in [3.05, 3.63) is 54.0 Å². The van der Waals surface area contributed by atoms with Crippen LogP contribution in [-0.4, -0.2) is 40.8 Å². The van der Waals surface area contributed by atoms with E-state index in [4.69, 9.17) is 9.15 Å². The van der Waals surface area contributed by atoms with Crippen LogP contribution in [0.3, 0.4) is 0 Å². The van der Waals surface area contributed by atoms with Crippen molar-refractivity contribution in [1.29, 1.82) is 0 Å². The van der Waals surface area contributed by atoms with Gasteiger partial charge >= 0.3 is 0 Å². The highest BCUT2D eigenvalue weighted by molar-refractivity contribution is 14.0. The number of guanidine groups is 1. The maximum absolute atomic E-state index is 11.5. The second-order valence-electron chi connectivity index (χ2n) is 5.87. The minimum atomic E-state index is -3.33. The monoisotopic (exact) mass is 522 g/mol. The van der Waals surface area contributed by atoms with Crippen LogP contribution in [0.25, 0.3) is 0 Å². The highest BCUT2D eigenvalue weighted by Gasteiger charge is 2.07. The van der Waals surface area contributed by atoms with Gasteiger partial charge in [-0.25, -0.2) is 8.42 Å². The number of furan rings is 1. The van der Waals surface area contributed by atoms with E-state index in [-0.39, 0.29) is 24.0 Å². The highest BCUT2D eigenvalue weighted by Crippen LogP contribution is 2.15. The van der Waals surface area contributed by atoms with Crippen molar-refractivity contribution in [2.75, 3.05) is 31.2 Å². The van der Waals surface area contributed by atoms with Crippen LogP contribution in [0.5, 0.6) is 0 Å². The lowest BCUT2D eigenvalue weighted by Crippen LogP contribution is -2.37. The number of ether oxygens (including phenoxy) is 1. The molecule has 0 saturated heterocycles. The van der Waals surface area contributed by atoms with Crippen LogP contribution in [0.2, 0.25) is 0 Å². The largest absolute Gasteiger partial charge is 0.467 e. The van der Waals surface area contributed by atoms with Gasteiger partial charge in [-0.1, -0.05) is 18.2 Å². The molecular formula is C18H27IN4O4S. The summed E-state index contributed by atoms with van der Waals surface area (Å²) in [7, 11) is -1.64. The average molecular weight is 522 g/mol. The molecule has 156 valence electrons. The summed E-state index contributed by atoms with van der Waals surface area (Å²) in [4.78, 5) is 4.17. The number of benzene rings is 1. The third-order valence-corrected chi connectivity index (χ3v) is 4.16. The lowest BCUT2D eigenvalue weighted by atomic mass is 10.2. The Bertz CT molecular complexity index is 826. The zero-order valence-electron chi connectivity index (χ0n) is 16.0. The first-order valence-electron chi connectivity index (χ1n) is 8.58. The number of anilines is 1. The zero-order chi connectivity index (χ0) is 19.5. The highest BCUT2D eigenvalue weighted by atomic mass is 127. The summed E-state index contributed by atoms with van der Waals surface area (Å²) in [6.07, 6.45) is 3.57. The summed E-state index contributed by atoms with van der Waals surface area (Å²) < 4.78 is 36.2. The van der Waals surface area contributed by atoms with Crippen LogP contribution in [0.1, 0.15) is 17.7 Å². The van der Waals surface area contributed by atoms with E-state index in [1.54, 1.807) is 25.4 Å². The molecule has 2 rings (SSSR count). The maximum Gasteiger partial charge on any atom is 0.229 e. The molecule has 1 heterocycles. The molecule has 28 heavy (non-hydrogen) atoms. The van der Waals surface area contributed by atoms with Crippen LogP contribution < -0.4 is 15.4 Å². The summed E-state index contributed by atoms with van der Waals surface area (Å²) in [6.45, 7) is 2.20. The Morgan fingerprint density at radius 1 is 1.18 bits per heavy atom. The molecule has 0 bridgehead atoms. The lowest BCUT2D eigenvalue weighted by molar-refractivity contribution is 0.105. The van der Waals surface area contributed by atoms with Gasteiger partial charge < -0.3 is 19.8 Å². The van der Waals surface area contributed by atoms with Crippen LogP contribution in [-0.2, 0) is 27.9 Å². The number of hydrogen-bond donors (Lipinski definition) is 3. The van der Waals surface area contributed by atoms with Crippen molar-refractivity contribution in [3.63, 3.8) is 0 Å². The molecule has 8 nitrogen and oxygen atoms in total. The fourth-order valence-electron chi connectivity index (χ4n) is 2.32. The molecule has 0 radical (unpaired) electrons. The van der Waals surface area contributed by atoms with Crippen LogP contribution in [0, 0.1) is 0 Å². The fraction of sp³-hybridized carbons (Fsp3) is 0.389. The number of para-hydroxylation sites is 1. The molecule has 3 N–H and O–H groups in total. The maximum atomic E-state index is 11.5. The van der Waals surface area contributed by atoms with Crippen molar-refractivity contribution < 1.29 is 17.6 Å². The van der Waals surface area contributed by atoms with Crippen LogP contribution in [0.4, 0.5) is 5.69 Å². The SMILES string of the molecule is CN=C(NCCCOCc1ccco1)NCc1ccccc1NS(C)(=O)=O.I. The summed E-state index contributed by atoms with van der Waals surface area (Å²) >= 11 is 0. The van der Waals surface area contributed by atoms with E-state index in [9.17, 15) is 8.42 Å². The Hall–Kier alpha value is -1.79. The minimum Gasteiger partial charge on any atom is -0.467 e. The van der Waals surface area contributed by atoms with Crippen molar-refractivity contribution in [2.45, 2.75) is 19.6 Å². The number of hydrogen-bond acceptors (Lipinski definition) is 5. The Kier molecular flexibility index (Phi) is 10.9. The zero-order valence-corrected chi connectivity index (χ0v) is 19.1. The third-order valence-electron chi connectivity index (χ3n) is 3.56. The van der Waals surface area contributed by atoms with Crippen molar-refractivity contribution in [2.24, 2.45) is 4.99 Å². The number of rotatable bonds is 10. The Labute approximate surface area is 183 Å². The molecule has 0 atom stereocenters. The number of sulfonamides is 1. The van der Waals surface area contributed by atoms with Crippen molar-refractivity contribution in [3.8, 4) is 0 Å². The van der Waals surface area contributed by atoms with Gasteiger partial charge in [0.05, 0.1) is 18.2 Å². The summed E-state index contributed by atoms with van der Waals surface area (Å²) in [5.41, 5.74) is 1.38. The first-order chi connectivity index (χ1) is 13.0. The molecule has 1 aromatic heterocycles. The summed E-state index contributed by atoms with van der Waals surface area (Å²) in [5, 5.41) is 6.37. The van der Waals surface area contributed by atoms with Gasteiger partial charge in [-0.15, -0.1) is 24.0 Å². The summed E-state index contributed by atoms with van der Waals surface area (Å²) in [6, 6.07) is 10.9. The lowest BCUT2D eigenvalue weighted by Gasteiger charge is -2.14. The molecule has 0 amide bonds. The molecule has 2 aromatic rings. The second-order valence-corrected chi connectivity index (χ2v) is 7.62. The van der Waals surface area contributed by atoms with E-state index in [0.29, 0.717) is 38.0 Å². The number of nitrogens with one attached hydrogen (secondary N) is 3. The molecule has 0 saturated carbocycles. The topological polar surface area (TPSA) is 105 Å². The van der Waals surface area contributed by atoms with Crippen molar-refractivity contribution in [1.82, 2.24) is 10.6 Å². The standard InChI is InChI=1S/C18H26N4O4S.HI/c1-19-18(20-10-6-11-25-14-16-8-5-12-26-16)21-13-15-7-3-4-9-17(15)22-27(2,23)24;/h3-5,7-9,12,22H,6,10-11,13-14H2,1-2H3,(H2,19,20,21);1H. The smallest absolute Gasteiger partial charge is 0.229 e. The molecule has 0 aliphatic carbocycles. The Morgan fingerprint density at radius 2 is 1.96 bits per heavy atom. The molecule has 0 spiro atoms. The molecule has 10 heteroatoms. The van der Waals surface area contributed by atoms with Gasteiger partial charge in [-0.2, -0.15) is 0 Å². The minimum absolute atomic E-state index is 0. The first kappa shape index (κ1) is 24.2. The van der Waals surface area contributed by atoms with E-state index >= 15 is 0 Å². The quantitative estimate of drug-likeness (QED) is 0.192. The number of halogens is 1. The van der Waals surface area contributed by atoms with E-state index in [1.807, 2.05) is 24.3 Å². The number of nitrogens with zero attached hydrogens (tertiary/aromatic N) is 1. The van der Waals surface area contributed by atoms with Crippen LogP contribution >= 0.6 is 24.0 Å². The summed E-state index contributed by atoms with van der Waals surface area (Å²) in [5.74, 6) is 1.44. The fourth-order valence-corrected chi connectivity index (χ4v) is 2.92. The molecule has 0 aliphatic heterocycles. The number of aliphatic imine (C=N–C) groups is 1. The predicted molar refractivity (Wildman–Crippen MR) is 122 cm³/mol. The molecule has 1 aromatic carbocycles. The second kappa shape index (κ2) is 12.6. The van der Waals surface area contributed by atoms with Gasteiger partial charge in [-0.05, 0) is 30.2 Å². The Balaban J connectivity index is 0.00000392. The first-order valence-corrected chi connectivity index (χ1v) is 10.5. The average Bonchev–Trinajstić information content (AvgIpc) is 3.14. The van der Waals surface area contributed by atoms with Gasteiger partial charge in [0.2, 0.25) is 10.0 Å². The molecule has 0 aliphatic rings. The van der Waals surface area contributed by atoms with E-state index < -0.39 is 10.0 Å². The van der Waals surface area contributed by atoms with Crippen LogP contribution in [0.15, 0.2) is 52.1 Å². The Morgan fingerprint density at radius 3 is 2.64 bits per heavy atom. The van der Waals surface area contributed by atoms with Crippen molar-refractivity contribution >= 4 is 45.6 Å². The molecule has 0 fully saturated rings. The van der Waals surface area contributed by atoms with Gasteiger partial charge in [0.1, 0.15) is 12.4 Å². The predicted octanol–water partition coefficient (Wildman–Crippen LogP) is 2.54.